The van der Waals surface area contributed by atoms with Gasteiger partial charge in [0.1, 0.15) is 29.6 Å². The van der Waals surface area contributed by atoms with Gasteiger partial charge in [-0.1, -0.05) is 12.1 Å². The lowest BCUT2D eigenvalue weighted by Crippen LogP contribution is -2.13. The highest BCUT2D eigenvalue weighted by molar-refractivity contribution is 5.63. The monoisotopic (exact) mass is 363 g/mol. The molecule has 0 spiro atoms. The molecule has 3 rings (SSSR count). The van der Waals surface area contributed by atoms with E-state index in [4.69, 9.17) is 0 Å². The van der Waals surface area contributed by atoms with Crippen molar-refractivity contribution in [2.75, 3.05) is 17.3 Å². The highest BCUT2D eigenvalue weighted by Gasteiger charge is 2.30. The van der Waals surface area contributed by atoms with E-state index in [9.17, 15) is 17.6 Å². The minimum absolute atomic E-state index is 0.191. The van der Waals surface area contributed by atoms with Crippen molar-refractivity contribution in [2.24, 2.45) is 0 Å². The minimum atomic E-state index is -4.45. The number of nitrogens with zero attached hydrogens (tertiary/aromatic N) is 4. The third-order valence-electron chi connectivity index (χ3n) is 3.56. The Hall–Kier alpha value is -3.23. The molecule has 0 aliphatic heterocycles. The Kier molecular flexibility index (Phi) is 4.70. The molecular weight excluding hydrogens is 350 g/mol. The van der Waals surface area contributed by atoms with Crippen LogP contribution in [0.4, 0.5) is 40.7 Å². The van der Waals surface area contributed by atoms with Gasteiger partial charge in [-0.3, -0.25) is 0 Å². The van der Waals surface area contributed by atoms with E-state index in [1.807, 2.05) is 0 Å². The predicted octanol–water partition coefficient (Wildman–Crippen LogP) is 4.54. The Bertz CT molecular complexity index is 896. The molecular formula is C17H13F4N5. The molecule has 5 nitrogen and oxygen atoms in total. The van der Waals surface area contributed by atoms with Gasteiger partial charge in [-0.2, -0.15) is 13.2 Å². The number of hydrogen-bond acceptors (Lipinski definition) is 5. The number of aromatic nitrogens is 3. The second-order valence-electron chi connectivity index (χ2n) is 5.33. The summed E-state index contributed by atoms with van der Waals surface area (Å²) in [6.07, 6.45) is -2.45. The van der Waals surface area contributed by atoms with Gasteiger partial charge in [0.15, 0.2) is 0 Å². The van der Waals surface area contributed by atoms with Crippen LogP contribution in [-0.2, 0) is 6.18 Å². The van der Waals surface area contributed by atoms with Crippen LogP contribution >= 0.6 is 0 Å². The topological polar surface area (TPSA) is 53.9 Å². The van der Waals surface area contributed by atoms with Gasteiger partial charge < -0.3 is 10.2 Å². The summed E-state index contributed by atoms with van der Waals surface area (Å²) in [5.41, 5.74) is -0.518. The summed E-state index contributed by atoms with van der Waals surface area (Å²) < 4.78 is 51.6. The first-order valence-electron chi connectivity index (χ1n) is 7.45. The van der Waals surface area contributed by atoms with Crippen LogP contribution in [0.15, 0.2) is 55.0 Å². The predicted molar refractivity (Wildman–Crippen MR) is 89.0 cm³/mol. The molecule has 1 N–H and O–H groups in total. The van der Waals surface area contributed by atoms with Crippen molar-refractivity contribution >= 4 is 23.1 Å². The molecule has 0 bridgehead atoms. The molecule has 0 fully saturated rings. The van der Waals surface area contributed by atoms with Crippen LogP contribution < -0.4 is 10.2 Å². The van der Waals surface area contributed by atoms with E-state index in [-0.39, 0.29) is 5.82 Å². The molecule has 9 heteroatoms. The molecule has 1 aromatic carbocycles. The highest BCUT2D eigenvalue weighted by Crippen LogP contribution is 2.29. The molecule has 2 heterocycles. The smallest absolute Gasteiger partial charge is 0.327 e. The number of para-hydroxylation sites is 1. The van der Waals surface area contributed by atoms with E-state index >= 15 is 0 Å². The number of rotatable bonds is 4. The third-order valence-corrected chi connectivity index (χ3v) is 3.56. The molecule has 3 aromatic rings. The molecule has 0 atom stereocenters. The van der Waals surface area contributed by atoms with Gasteiger partial charge in [-0.05, 0) is 24.3 Å². The average Bonchev–Trinajstić information content (AvgIpc) is 2.61. The van der Waals surface area contributed by atoms with Crippen molar-refractivity contribution in [1.29, 1.82) is 0 Å². The second kappa shape index (κ2) is 6.95. The van der Waals surface area contributed by atoms with Crippen molar-refractivity contribution in [3.05, 3.63) is 66.4 Å². The maximum absolute atomic E-state index is 13.9. The van der Waals surface area contributed by atoms with Crippen molar-refractivity contribution in [2.45, 2.75) is 6.18 Å². The first-order valence-corrected chi connectivity index (χ1v) is 7.45. The lowest BCUT2D eigenvalue weighted by Gasteiger charge is -2.19. The minimum Gasteiger partial charge on any atom is -0.327 e. The van der Waals surface area contributed by atoms with E-state index in [0.29, 0.717) is 17.3 Å². The molecule has 2 aromatic heterocycles. The van der Waals surface area contributed by atoms with Gasteiger partial charge >= 0.3 is 6.18 Å². The third kappa shape index (κ3) is 3.88. The van der Waals surface area contributed by atoms with Gasteiger partial charge in [0, 0.05) is 19.3 Å². The first kappa shape index (κ1) is 17.6. The van der Waals surface area contributed by atoms with Crippen LogP contribution in [0.2, 0.25) is 0 Å². The summed E-state index contributed by atoms with van der Waals surface area (Å²) in [5, 5.41) is 2.79. The van der Waals surface area contributed by atoms with Crippen LogP contribution in [0.25, 0.3) is 0 Å². The highest BCUT2D eigenvalue weighted by atomic mass is 19.4. The zero-order valence-electron chi connectivity index (χ0n) is 13.5. The summed E-state index contributed by atoms with van der Waals surface area (Å²) in [7, 11) is 1.64. The van der Waals surface area contributed by atoms with Crippen molar-refractivity contribution in [1.82, 2.24) is 15.0 Å². The largest absolute Gasteiger partial charge is 0.417 e. The SMILES string of the molecule is CN(c1cc(Nc2ccc(C(F)(F)F)cn2)ncn1)c1ccccc1F. The van der Waals surface area contributed by atoms with Crippen LogP contribution in [0.5, 0.6) is 0 Å². The van der Waals surface area contributed by atoms with Crippen LogP contribution in [-0.4, -0.2) is 22.0 Å². The summed E-state index contributed by atoms with van der Waals surface area (Å²) in [5.74, 6) is 0.494. The Morgan fingerprint density at radius 2 is 1.73 bits per heavy atom. The lowest BCUT2D eigenvalue weighted by atomic mass is 10.2. The van der Waals surface area contributed by atoms with Gasteiger partial charge in [-0.25, -0.2) is 19.3 Å². The molecule has 0 aliphatic rings. The maximum Gasteiger partial charge on any atom is 0.417 e. The normalized spacial score (nSPS) is 11.3. The molecule has 134 valence electrons. The number of benzene rings is 1. The van der Waals surface area contributed by atoms with Crippen molar-refractivity contribution in [3.63, 3.8) is 0 Å². The number of halogens is 4. The Morgan fingerprint density at radius 1 is 0.962 bits per heavy atom. The summed E-state index contributed by atoms with van der Waals surface area (Å²) in [6, 6.07) is 9.86. The van der Waals surface area contributed by atoms with Gasteiger partial charge in [0.2, 0.25) is 0 Å². The maximum atomic E-state index is 13.9. The second-order valence-corrected chi connectivity index (χ2v) is 5.33. The number of hydrogen-bond donors (Lipinski definition) is 1. The molecule has 0 saturated heterocycles. The molecule has 0 unspecified atom stereocenters. The van der Waals surface area contributed by atoms with E-state index < -0.39 is 17.6 Å². The van der Waals surface area contributed by atoms with Crippen LogP contribution in [0.1, 0.15) is 5.56 Å². The molecule has 0 amide bonds. The molecule has 0 aliphatic carbocycles. The number of alkyl halides is 3. The fourth-order valence-corrected chi connectivity index (χ4v) is 2.21. The Balaban J connectivity index is 1.80. The quantitative estimate of drug-likeness (QED) is 0.690. The fraction of sp³-hybridized carbons (Fsp3) is 0.118. The van der Waals surface area contributed by atoms with Crippen molar-refractivity contribution in [3.8, 4) is 0 Å². The van der Waals surface area contributed by atoms with Crippen LogP contribution in [0.3, 0.4) is 0 Å². The number of pyridine rings is 1. The van der Waals surface area contributed by atoms with E-state index in [2.05, 4.69) is 20.3 Å². The fourth-order valence-electron chi connectivity index (χ4n) is 2.21. The lowest BCUT2D eigenvalue weighted by molar-refractivity contribution is -0.137. The zero-order valence-corrected chi connectivity index (χ0v) is 13.5. The van der Waals surface area contributed by atoms with Gasteiger partial charge in [0.25, 0.3) is 0 Å². The molecule has 26 heavy (non-hydrogen) atoms. The standard InChI is InChI=1S/C17H13F4N5/c1-26(13-5-3-2-4-12(13)18)16-8-15(23-10-24-16)25-14-7-6-11(9-22-14)17(19,20)21/h2-10H,1H3,(H,22,23,24,25). The molecule has 0 saturated carbocycles. The summed E-state index contributed by atoms with van der Waals surface area (Å²) in [4.78, 5) is 13.3. The van der Waals surface area contributed by atoms with Gasteiger partial charge in [-0.15, -0.1) is 0 Å². The Labute approximate surface area is 146 Å². The zero-order chi connectivity index (χ0) is 18.7. The van der Waals surface area contributed by atoms with Crippen molar-refractivity contribution < 1.29 is 17.6 Å². The number of nitrogens with one attached hydrogen (secondary N) is 1. The first-order chi connectivity index (χ1) is 12.3. The van der Waals surface area contributed by atoms with E-state index in [0.717, 1.165) is 12.3 Å². The number of anilines is 4. The Morgan fingerprint density at radius 3 is 2.38 bits per heavy atom. The van der Waals surface area contributed by atoms with Crippen LogP contribution in [0, 0.1) is 5.82 Å². The average molecular weight is 363 g/mol. The summed E-state index contributed by atoms with van der Waals surface area (Å²) in [6.45, 7) is 0. The summed E-state index contributed by atoms with van der Waals surface area (Å²) >= 11 is 0. The van der Waals surface area contributed by atoms with Gasteiger partial charge in [0.05, 0.1) is 11.3 Å². The molecule has 0 radical (unpaired) electrons. The van der Waals surface area contributed by atoms with E-state index in [1.54, 1.807) is 25.2 Å². The van der Waals surface area contributed by atoms with E-state index in [1.165, 1.54) is 29.4 Å².